The number of imide groups is 1. The molecule has 2 aromatic carbocycles. The van der Waals surface area contributed by atoms with Crippen LogP contribution in [0.15, 0.2) is 57.4 Å². The molecule has 1 aliphatic heterocycles. The van der Waals surface area contributed by atoms with Crippen LogP contribution in [0.4, 0.5) is 4.79 Å². The summed E-state index contributed by atoms with van der Waals surface area (Å²) in [6, 6.07) is 13.9. The van der Waals surface area contributed by atoms with Gasteiger partial charge in [-0.25, -0.2) is 4.79 Å². The molecule has 1 aromatic heterocycles. The van der Waals surface area contributed by atoms with Gasteiger partial charge >= 0.3 is 6.03 Å². The van der Waals surface area contributed by atoms with Gasteiger partial charge in [0.15, 0.2) is 0 Å². The zero-order valence-electron chi connectivity index (χ0n) is 15.7. The number of amides is 3. The summed E-state index contributed by atoms with van der Waals surface area (Å²) in [6.45, 7) is 1.55. The molecule has 4 rings (SSSR count). The fourth-order valence-corrected chi connectivity index (χ4v) is 3.87. The number of hydrogen-bond acceptors (Lipinski definition) is 6. The molecule has 8 nitrogen and oxygen atoms in total. The summed E-state index contributed by atoms with van der Waals surface area (Å²) in [6.07, 6.45) is 0. The summed E-state index contributed by atoms with van der Waals surface area (Å²) in [4.78, 5) is 26.6. The average molecular weight is 457 g/mol. The second-order valence-corrected chi connectivity index (χ2v) is 7.51. The van der Waals surface area contributed by atoms with E-state index in [1.807, 2.05) is 18.2 Å². The third-order valence-electron chi connectivity index (χ3n) is 4.78. The number of halogens is 1. The molecule has 0 saturated carbocycles. The molecule has 1 N–H and O–H groups in total. The van der Waals surface area contributed by atoms with Gasteiger partial charge in [-0.15, -0.1) is 10.2 Å². The minimum absolute atomic E-state index is 0.117. The molecule has 3 aromatic rings. The Hall–Kier alpha value is -3.20. The Labute approximate surface area is 175 Å². The smallest absolute Gasteiger partial charge is 0.325 e. The van der Waals surface area contributed by atoms with E-state index in [1.165, 1.54) is 0 Å². The summed E-state index contributed by atoms with van der Waals surface area (Å²) < 4.78 is 11.5. The topological polar surface area (TPSA) is 97.6 Å². The Morgan fingerprint density at radius 3 is 2.55 bits per heavy atom. The van der Waals surface area contributed by atoms with Gasteiger partial charge in [0, 0.05) is 15.6 Å². The lowest BCUT2D eigenvalue weighted by molar-refractivity contribution is -0.131. The molecule has 0 spiro atoms. The van der Waals surface area contributed by atoms with Gasteiger partial charge in [0.05, 0.1) is 7.11 Å². The van der Waals surface area contributed by atoms with E-state index in [0.29, 0.717) is 22.8 Å². The van der Waals surface area contributed by atoms with E-state index >= 15 is 0 Å². The second-order valence-electron chi connectivity index (χ2n) is 6.66. The second kappa shape index (κ2) is 7.32. The molecule has 1 saturated heterocycles. The maximum absolute atomic E-state index is 13.1. The van der Waals surface area contributed by atoms with E-state index in [9.17, 15) is 9.59 Å². The number of aromatic nitrogens is 2. The van der Waals surface area contributed by atoms with Crippen molar-refractivity contribution in [3.8, 4) is 17.2 Å². The lowest BCUT2D eigenvalue weighted by atomic mass is 9.92. The number of nitrogens with zero attached hydrogens (tertiary/aromatic N) is 3. The van der Waals surface area contributed by atoms with Crippen molar-refractivity contribution in [1.29, 1.82) is 0 Å². The third-order valence-corrected chi connectivity index (χ3v) is 5.48. The number of benzene rings is 2. The van der Waals surface area contributed by atoms with Crippen LogP contribution in [-0.2, 0) is 16.9 Å². The Kier molecular flexibility index (Phi) is 4.83. The minimum atomic E-state index is -1.18. The fourth-order valence-electron chi connectivity index (χ4n) is 3.19. The van der Waals surface area contributed by atoms with Crippen molar-refractivity contribution < 1.29 is 18.7 Å². The standard InChI is InChI=1S/C20H17BrN4O4/c1-20(14-5-3-4-6-15(14)21)18(26)25(19(27)22-20)11-16-23-24-17(29-16)12-7-9-13(28-2)10-8-12/h3-10H,11H2,1-2H3,(H,22,27). The largest absolute Gasteiger partial charge is 0.497 e. The number of rotatable bonds is 5. The highest BCUT2D eigenvalue weighted by Gasteiger charge is 2.50. The normalized spacial score (nSPS) is 18.8. The maximum Gasteiger partial charge on any atom is 0.325 e. The monoisotopic (exact) mass is 456 g/mol. The van der Waals surface area contributed by atoms with Gasteiger partial charge in [-0.3, -0.25) is 9.69 Å². The Morgan fingerprint density at radius 2 is 1.86 bits per heavy atom. The van der Waals surface area contributed by atoms with Gasteiger partial charge in [-0.2, -0.15) is 0 Å². The predicted molar refractivity (Wildman–Crippen MR) is 107 cm³/mol. The van der Waals surface area contributed by atoms with Crippen LogP contribution >= 0.6 is 15.9 Å². The molecule has 1 unspecified atom stereocenters. The van der Waals surface area contributed by atoms with Crippen LogP contribution in [0, 0.1) is 0 Å². The highest BCUT2D eigenvalue weighted by molar-refractivity contribution is 9.10. The van der Waals surface area contributed by atoms with Crippen LogP contribution in [0.3, 0.4) is 0 Å². The van der Waals surface area contributed by atoms with E-state index in [-0.39, 0.29) is 12.4 Å². The first-order valence-corrected chi connectivity index (χ1v) is 9.57. The van der Waals surface area contributed by atoms with E-state index in [0.717, 1.165) is 9.37 Å². The van der Waals surface area contributed by atoms with E-state index in [4.69, 9.17) is 9.15 Å². The quantitative estimate of drug-likeness (QED) is 0.590. The van der Waals surface area contributed by atoms with Gasteiger partial charge in [-0.1, -0.05) is 34.1 Å². The number of hydrogen-bond donors (Lipinski definition) is 1. The Bertz CT molecular complexity index is 1080. The molecule has 0 bridgehead atoms. The zero-order chi connectivity index (χ0) is 20.6. The Balaban J connectivity index is 1.56. The van der Waals surface area contributed by atoms with Crippen molar-refractivity contribution in [2.75, 3.05) is 7.11 Å². The molecule has 1 fully saturated rings. The molecular weight excluding hydrogens is 440 g/mol. The maximum atomic E-state index is 13.1. The van der Waals surface area contributed by atoms with Crippen molar-refractivity contribution in [2.24, 2.45) is 0 Å². The summed E-state index contributed by atoms with van der Waals surface area (Å²) in [5.41, 5.74) is 0.195. The van der Waals surface area contributed by atoms with Crippen molar-refractivity contribution in [2.45, 2.75) is 19.0 Å². The molecule has 1 aliphatic rings. The summed E-state index contributed by atoms with van der Waals surface area (Å²) in [5.74, 6) is 0.775. The third kappa shape index (κ3) is 3.38. The lowest BCUT2D eigenvalue weighted by Crippen LogP contribution is -2.41. The number of ether oxygens (including phenoxy) is 1. The first-order valence-electron chi connectivity index (χ1n) is 8.78. The molecule has 148 valence electrons. The Morgan fingerprint density at radius 1 is 1.14 bits per heavy atom. The molecule has 9 heteroatoms. The van der Waals surface area contributed by atoms with Crippen LogP contribution in [0.2, 0.25) is 0 Å². The van der Waals surface area contributed by atoms with Crippen LogP contribution in [0.1, 0.15) is 18.4 Å². The molecule has 0 aliphatic carbocycles. The highest BCUT2D eigenvalue weighted by atomic mass is 79.9. The van der Waals surface area contributed by atoms with Gasteiger partial charge in [0.1, 0.15) is 17.8 Å². The number of carbonyl (C=O) groups excluding carboxylic acids is 2. The number of carbonyl (C=O) groups is 2. The first kappa shape index (κ1) is 19.1. The number of methoxy groups -OCH3 is 1. The zero-order valence-corrected chi connectivity index (χ0v) is 17.3. The van der Waals surface area contributed by atoms with Crippen LogP contribution in [-0.4, -0.2) is 34.1 Å². The molecule has 3 amide bonds. The summed E-state index contributed by atoms with van der Waals surface area (Å²) in [7, 11) is 1.58. The molecule has 0 radical (unpaired) electrons. The van der Waals surface area contributed by atoms with E-state index in [2.05, 4.69) is 31.4 Å². The molecule has 1 atom stereocenters. The minimum Gasteiger partial charge on any atom is -0.497 e. The van der Waals surface area contributed by atoms with Crippen molar-refractivity contribution in [3.05, 3.63) is 64.5 Å². The van der Waals surface area contributed by atoms with Crippen molar-refractivity contribution in [1.82, 2.24) is 20.4 Å². The van der Waals surface area contributed by atoms with Crippen LogP contribution < -0.4 is 10.1 Å². The molecular formula is C20H17BrN4O4. The van der Waals surface area contributed by atoms with Crippen molar-refractivity contribution >= 4 is 27.9 Å². The van der Waals surface area contributed by atoms with Gasteiger partial charge in [0.25, 0.3) is 5.91 Å². The van der Waals surface area contributed by atoms with Gasteiger partial charge < -0.3 is 14.5 Å². The van der Waals surface area contributed by atoms with Crippen LogP contribution in [0.5, 0.6) is 5.75 Å². The molecule has 29 heavy (non-hydrogen) atoms. The van der Waals surface area contributed by atoms with Gasteiger partial charge in [-0.05, 0) is 37.3 Å². The summed E-state index contributed by atoms with van der Waals surface area (Å²) >= 11 is 3.44. The summed E-state index contributed by atoms with van der Waals surface area (Å²) in [5, 5.41) is 10.7. The average Bonchev–Trinajstić information content (AvgIpc) is 3.28. The van der Waals surface area contributed by atoms with Gasteiger partial charge in [0.2, 0.25) is 11.8 Å². The van der Waals surface area contributed by atoms with Crippen LogP contribution in [0.25, 0.3) is 11.5 Å². The van der Waals surface area contributed by atoms with E-state index in [1.54, 1.807) is 44.4 Å². The lowest BCUT2D eigenvalue weighted by Gasteiger charge is -2.23. The fraction of sp³-hybridized carbons (Fsp3) is 0.200. The first-order chi connectivity index (χ1) is 13.9. The molecule has 2 heterocycles. The number of urea groups is 1. The van der Waals surface area contributed by atoms with Crippen molar-refractivity contribution in [3.63, 3.8) is 0 Å². The van der Waals surface area contributed by atoms with E-state index < -0.39 is 17.5 Å². The number of nitrogens with one attached hydrogen (secondary N) is 1. The predicted octanol–water partition coefficient (Wildman–Crippen LogP) is 3.47. The highest BCUT2D eigenvalue weighted by Crippen LogP contribution is 2.34. The SMILES string of the molecule is COc1ccc(-c2nnc(CN3C(=O)NC(C)(c4ccccc4Br)C3=O)o2)cc1.